The van der Waals surface area contributed by atoms with Crippen LogP contribution in [0.25, 0.3) is 11.2 Å². The van der Waals surface area contributed by atoms with Gasteiger partial charge in [0.25, 0.3) is 0 Å². The third kappa shape index (κ3) is 2.51. The van der Waals surface area contributed by atoms with Gasteiger partial charge in [0.1, 0.15) is 11.3 Å². The van der Waals surface area contributed by atoms with Crippen molar-refractivity contribution in [2.45, 2.75) is 0 Å². The summed E-state index contributed by atoms with van der Waals surface area (Å²) in [6, 6.07) is 5.27. The summed E-state index contributed by atoms with van der Waals surface area (Å²) in [6.07, 6.45) is 1.49. The number of hydrogen-bond acceptors (Lipinski definition) is 4. The smallest absolute Gasteiger partial charge is 0.250 e. The van der Waals surface area contributed by atoms with Gasteiger partial charge in [0.15, 0.2) is 5.65 Å². The minimum atomic E-state index is 0.0562. The topological polar surface area (TPSA) is 63.7 Å². The van der Waals surface area contributed by atoms with Crippen molar-refractivity contribution in [1.29, 1.82) is 0 Å². The fraction of sp³-hybridized carbons (Fsp3) is 0. The predicted molar refractivity (Wildman–Crippen MR) is 75.9 cm³/mol. The maximum atomic E-state index is 6.06. The summed E-state index contributed by atoms with van der Waals surface area (Å²) < 4.78 is 6.51. The van der Waals surface area contributed by atoms with E-state index in [-0.39, 0.29) is 11.2 Å². The Morgan fingerprint density at radius 2 is 2.05 bits per heavy atom. The van der Waals surface area contributed by atoms with Crippen LogP contribution < -0.4 is 4.74 Å². The van der Waals surface area contributed by atoms with Gasteiger partial charge >= 0.3 is 0 Å². The lowest BCUT2D eigenvalue weighted by atomic mass is 10.3. The number of aromatic nitrogens is 4. The van der Waals surface area contributed by atoms with Crippen LogP contribution in [0.15, 0.2) is 29.0 Å². The molecule has 3 rings (SSSR count). The Morgan fingerprint density at radius 1 is 1.21 bits per heavy atom. The van der Waals surface area contributed by atoms with Gasteiger partial charge in [-0.15, -0.1) is 0 Å². The molecule has 0 amide bonds. The van der Waals surface area contributed by atoms with E-state index in [0.29, 0.717) is 21.9 Å². The van der Waals surface area contributed by atoms with Crippen molar-refractivity contribution in [2.24, 2.45) is 0 Å². The molecular formula is C11H5BrCl2N4O. The number of benzene rings is 1. The monoisotopic (exact) mass is 358 g/mol. The van der Waals surface area contributed by atoms with Gasteiger partial charge in [-0.2, -0.15) is 9.97 Å². The average molecular weight is 360 g/mol. The molecule has 1 N–H and O–H groups in total. The van der Waals surface area contributed by atoms with E-state index in [9.17, 15) is 0 Å². The van der Waals surface area contributed by atoms with E-state index < -0.39 is 0 Å². The Balaban J connectivity index is 2.10. The fourth-order valence-electron chi connectivity index (χ4n) is 1.51. The van der Waals surface area contributed by atoms with Crippen LogP contribution in [0.3, 0.4) is 0 Å². The molecule has 8 heteroatoms. The second-order valence-corrected chi connectivity index (χ2v) is 5.24. The Labute approximate surface area is 126 Å². The number of H-pyrrole nitrogens is 1. The Bertz CT molecular complexity index is 762. The molecule has 0 fully saturated rings. The zero-order chi connectivity index (χ0) is 13.4. The lowest BCUT2D eigenvalue weighted by Gasteiger charge is -2.07. The molecule has 19 heavy (non-hydrogen) atoms. The quantitative estimate of drug-likeness (QED) is 0.696. The summed E-state index contributed by atoms with van der Waals surface area (Å²) >= 11 is 15.2. The SMILES string of the molecule is Clc1nc(Oc2cc(Br)ccc2Cl)c2[nH]cnc2n1. The van der Waals surface area contributed by atoms with Crippen molar-refractivity contribution in [3.63, 3.8) is 0 Å². The van der Waals surface area contributed by atoms with Crippen LogP contribution in [0, 0.1) is 0 Å². The summed E-state index contributed by atoms with van der Waals surface area (Å²) in [6.45, 7) is 0. The molecule has 0 aliphatic carbocycles. The first kappa shape index (κ1) is 12.7. The van der Waals surface area contributed by atoms with E-state index in [2.05, 4.69) is 35.9 Å². The van der Waals surface area contributed by atoms with Crippen LogP contribution in [0.5, 0.6) is 11.6 Å². The maximum Gasteiger partial charge on any atom is 0.250 e. The minimum Gasteiger partial charge on any atom is -0.435 e. The Morgan fingerprint density at radius 3 is 2.89 bits per heavy atom. The Kier molecular flexibility index (Phi) is 3.30. The van der Waals surface area contributed by atoms with E-state index in [1.807, 2.05) is 6.07 Å². The van der Waals surface area contributed by atoms with Gasteiger partial charge in [-0.1, -0.05) is 27.5 Å². The highest BCUT2D eigenvalue weighted by Gasteiger charge is 2.13. The summed E-state index contributed by atoms with van der Waals surface area (Å²) in [4.78, 5) is 14.9. The summed E-state index contributed by atoms with van der Waals surface area (Å²) in [5.74, 6) is 0.731. The van der Waals surface area contributed by atoms with E-state index in [1.165, 1.54) is 6.33 Å². The van der Waals surface area contributed by atoms with Gasteiger partial charge in [0.2, 0.25) is 11.2 Å². The molecule has 0 radical (unpaired) electrons. The van der Waals surface area contributed by atoms with Crippen LogP contribution in [0.4, 0.5) is 0 Å². The highest BCUT2D eigenvalue weighted by atomic mass is 79.9. The predicted octanol–water partition coefficient (Wildman–Crippen LogP) is 4.21. The standard InChI is InChI=1S/C11H5BrCl2N4O/c12-5-1-2-6(13)7(3-5)19-10-8-9(16-4-15-8)17-11(14)18-10/h1-4H,(H,15,16,17,18). The number of halogens is 3. The molecule has 0 aliphatic rings. The number of nitrogens with zero attached hydrogens (tertiary/aromatic N) is 3. The molecule has 1 aromatic carbocycles. The normalized spacial score (nSPS) is 10.9. The molecule has 5 nitrogen and oxygen atoms in total. The van der Waals surface area contributed by atoms with Gasteiger partial charge in [-0.3, -0.25) is 0 Å². The highest BCUT2D eigenvalue weighted by molar-refractivity contribution is 9.10. The van der Waals surface area contributed by atoms with E-state index in [1.54, 1.807) is 12.1 Å². The van der Waals surface area contributed by atoms with Crippen molar-refractivity contribution in [3.8, 4) is 11.6 Å². The van der Waals surface area contributed by atoms with Crippen LogP contribution in [-0.2, 0) is 0 Å². The summed E-state index contributed by atoms with van der Waals surface area (Å²) in [5, 5.41) is 0.520. The molecule has 0 unspecified atom stereocenters. The molecule has 0 atom stereocenters. The van der Waals surface area contributed by atoms with Gasteiger partial charge in [-0.05, 0) is 29.8 Å². The first-order valence-electron chi connectivity index (χ1n) is 5.13. The van der Waals surface area contributed by atoms with Crippen LogP contribution in [-0.4, -0.2) is 19.9 Å². The number of imidazole rings is 1. The van der Waals surface area contributed by atoms with Crippen molar-refractivity contribution in [2.75, 3.05) is 0 Å². The summed E-state index contributed by atoms with van der Waals surface area (Å²) in [5.41, 5.74) is 0.988. The number of fused-ring (bicyclic) bond motifs is 1. The molecule has 3 aromatic rings. The molecule has 0 saturated carbocycles. The van der Waals surface area contributed by atoms with Gasteiger partial charge in [-0.25, -0.2) is 4.98 Å². The van der Waals surface area contributed by atoms with Crippen molar-refractivity contribution < 1.29 is 4.74 Å². The molecule has 0 saturated heterocycles. The number of nitrogens with one attached hydrogen (secondary N) is 1. The number of hydrogen-bond donors (Lipinski definition) is 1. The van der Waals surface area contributed by atoms with Gasteiger partial charge in [0.05, 0.1) is 11.3 Å². The first-order chi connectivity index (χ1) is 9.13. The lowest BCUT2D eigenvalue weighted by Crippen LogP contribution is -1.93. The lowest BCUT2D eigenvalue weighted by molar-refractivity contribution is 0.467. The third-order valence-corrected chi connectivity index (χ3v) is 3.30. The average Bonchev–Trinajstić information content (AvgIpc) is 2.82. The van der Waals surface area contributed by atoms with Gasteiger partial charge < -0.3 is 9.72 Å². The maximum absolute atomic E-state index is 6.06. The second kappa shape index (κ2) is 4.96. The van der Waals surface area contributed by atoms with Gasteiger partial charge in [0, 0.05) is 4.47 Å². The Hall–Kier alpha value is -1.37. The number of rotatable bonds is 2. The van der Waals surface area contributed by atoms with Crippen molar-refractivity contribution in [1.82, 2.24) is 19.9 Å². The van der Waals surface area contributed by atoms with E-state index in [4.69, 9.17) is 27.9 Å². The molecule has 0 aliphatic heterocycles. The molecule has 2 heterocycles. The van der Waals surface area contributed by atoms with Crippen molar-refractivity contribution in [3.05, 3.63) is 39.3 Å². The zero-order valence-electron chi connectivity index (χ0n) is 9.19. The van der Waals surface area contributed by atoms with Crippen LogP contribution in [0.1, 0.15) is 0 Å². The molecule has 0 bridgehead atoms. The minimum absolute atomic E-state index is 0.0562. The largest absolute Gasteiger partial charge is 0.435 e. The molecule has 96 valence electrons. The second-order valence-electron chi connectivity index (χ2n) is 3.58. The highest BCUT2D eigenvalue weighted by Crippen LogP contribution is 2.33. The third-order valence-electron chi connectivity index (χ3n) is 2.33. The summed E-state index contributed by atoms with van der Waals surface area (Å²) in [7, 11) is 0. The van der Waals surface area contributed by atoms with Crippen LogP contribution >= 0.6 is 39.1 Å². The molecular weight excluding hydrogens is 355 g/mol. The molecule has 2 aromatic heterocycles. The van der Waals surface area contributed by atoms with E-state index >= 15 is 0 Å². The van der Waals surface area contributed by atoms with Crippen molar-refractivity contribution >= 4 is 50.3 Å². The zero-order valence-corrected chi connectivity index (χ0v) is 12.3. The molecule has 0 spiro atoms. The number of ether oxygens (including phenoxy) is 1. The number of aromatic amines is 1. The fourth-order valence-corrected chi connectivity index (χ4v) is 2.17. The first-order valence-corrected chi connectivity index (χ1v) is 6.68. The van der Waals surface area contributed by atoms with E-state index in [0.717, 1.165) is 4.47 Å². The van der Waals surface area contributed by atoms with Crippen LogP contribution in [0.2, 0.25) is 10.3 Å².